The van der Waals surface area contributed by atoms with E-state index in [2.05, 4.69) is 0 Å². The number of ether oxygens (including phenoxy) is 2. The van der Waals surface area contributed by atoms with Crippen molar-refractivity contribution in [2.45, 2.75) is 50.2 Å². The molecule has 29 heavy (non-hydrogen) atoms. The first kappa shape index (κ1) is 23.3. The predicted octanol–water partition coefficient (Wildman–Crippen LogP) is 5.62. The third-order valence-corrected chi connectivity index (χ3v) is 4.99. The summed E-state index contributed by atoms with van der Waals surface area (Å²) in [5, 5.41) is 9.40. The Morgan fingerprint density at radius 2 is 1.38 bits per heavy atom. The molecule has 0 saturated carbocycles. The van der Waals surface area contributed by atoms with Crippen LogP contribution < -0.4 is 9.47 Å². The Morgan fingerprint density at radius 3 is 1.79 bits per heavy atom. The van der Waals surface area contributed by atoms with Gasteiger partial charge in [0.1, 0.15) is 24.2 Å². The summed E-state index contributed by atoms with van der Waals surface area (Å²) in [5.74, 6) is 0.672. The Labute approximate surface area is 172 Å². The second-order valence-corrected chi connectivity index (χ2v) is 7.63. The van der Waals surface area contributed by atoms with Gasteiger partial charge in [-0.25, -0.2) is 4.39 Å². The van der Waals surface area contributed by atoms with E-state index in [9.17, 15) is 22.7 Å². The maximum absolute atomic E-state index is 13.0. The van der Waals surface area contributed by atoms with Gasteiger partial charge in [0.05, 0.1) is 0 Å². The highest BCUT2D eigenvalue weighted by Crippen LogP contribution is 2.34. The number of benzene rings is 2. The van der Waals surface area contributed by atoms with Crippen LogP contribution in [0.4, 0.5) is 17.6 Å². The molecule has 0 aromatic heterocycles. The average molecular weight is 435 g/mol. The van der Waals surface area contributed by atoms with Gasteiger partial charge in [-0.05, 0) is 42.3 Å². The van der Waals surface area contributed by atoms with Gasteiger partial charge < -0.3 is 14.6 Å². The lowest BCUT2D eigenvalue weighted by Gasteiger charge is -2.27. The van der Waals surface area contributed by atoms with E-state index in [-0.39, 0.29) is 5.75 Å². The summed E-state index contributed by atoms with van der Waals surface area (Å²) in [6.07, 6.45) is -8.78. The molecule has 0 spiro atoms. The first-order valence-corrected chi connectivity index (χ1v) is 9.38. The summed E-state index contributed by atoms with van der Waals surface area (Å²) < 4.78 is 59.9. The first-order valence-electron chi connectivity index (χ1n) is 8.94. The van der Waals surface area contributed by atoms with Gasteiger partial charge in [-0.15, -0.1) is 0 Å². The molecular formula is C21H23ClF4O3. The monoisotopic (exact) mass is 434 g/mol. The topological polar surface area (TPSA) is 38.7 Å². The van der Waals surface area contributed by atoms with Gasteiger partial charge in [0.25, 0.3) is 0 Å². The number of aliphatic hydroxyl groups excluding tert-OH is 1. The Bertz CT molecular complexity index is 774. The van der Waals surface area contributed by atoms with E-state index < -0.39 is 36.0 Å². The molecule has 0 aliphatic carbocycles. The second kappa shape index (κ2) is 9.22. The van der Waals surface area contributed by atoms with Crippen LogP contribution in [0.5, 0.6) is 11.5 Å². The molecule has 0 amide bonds. The Balaban J connectivity index is 2.07. The van der Waals surface area contributed by atoms with Crippen LogP contribution in [0.1, 0.15) is 31.9 Å². The fourth-order valence-corrected chi connectivity index (χ4v) is 2.68. The molecule has 0 aliphatic heterocycles. The van der Waals surface area contributed by atoms with Crippen LogP contribution in [-0.4, -0.2) is 35.7 Å². The van der Waals surface area contributed by atoms with Crippen LogP contribution in [0.3, 0.4) is 0 Å². The summed E-state index contributed by atoms with van der Waals surface area (Å²) in [6.45, 7) is 4.42. The molecule has 1 N–H and O–H groups in total. The van der Waals surface area contributed by atoms with Gasteiger partial charge >= 0.3 is 6.18 Å². The number of hydrogen-bond donors (Lipinski definition) is 1. The SMILES string of the molecule is CC(O)C(Cl)Oc1ccc(C(C)(C)c2ccc(OC[C@H](F)C(F)(F)F)cc2)cc1. The molecule has 2 unspecified atom stereocenters. The van der Waals surface area contributed by atoms with Gasteiger partial charge in [-0.1, -0.05) is 49.7 Å². The summed E-state index contributed by atoms with van der Waals surface area (Å²) in [7, 11) is 0. The number of rotatable bonds is 8. The zero-order valence-corrected chi connectivity index (χ0v) is 17.0. The van der Waals surface area contributed by atoms with Crippen LogP contribution in [0.15, 0.2) is 48.5 Å². The van der Waals surface area contributed by atoms with E-state index in [0.29, 0.717) is 5.75 Å². The lowest BCUT2D eigenvalue weighted by molar-refractivity contribution is -0.187. The van der Waals surface area contributed by atoms with E-state index >= 15 is 0 Å². The van der Waals surface area contributed by atoms with Crippen LogP contribution >= 0.6 is 11.6 Å². The predicted molar refractivity (Wildman–Crippen MR) is 103 cm³/mol. The van der Waals surface area contributed by atoms with Gasteiger partial charge in [0.15, 0.2) is 5.56 Å². The van der Waals surface area contributed by atoms with Crippen LogP contribution in [-0.2, 0) is 5.41 Å². The van der Waals surface area contributed by atoms with Gasteiger partial charge in [0.2, 0.25) is 6.17 Å². The second-order valence-electron chi connectivity index (χ2n) is 7.20. The first-order chi connectivity index (χ1) is 13.4. The van der Waals surface area contributed by atoms with Crippen LogP contribution in [0, 0.1) is 0 Å². The highest BCUT2D eigenvalue weighted by molar-refractivity contribution is 6.20. The molecule has 8 heteroatoms. The zero-order chi connectivity index (χ0) is 21.8. The van der Waals surface area contributed by atoms with E-state index in [1.54, 1.807) is 24.3 Å². The number of aliphatic hydroxyl groups is 1. The minimum absolute atomic E-state index is 0.159. The van der Waals surface area contributed by atoms with Crippen molar-refractivity contribution in [3.8, 4) is 11.5 Å². The summed E-state index contributed by atoms with van der Waals surface area (Å²) in [4.78, 5) is 0. The molecule has 0 aliphatic rings. The van der Waals surface area contributed by atoms with Crippen molar-refractivity contribution in [2.24, 2.45) is 0 Å². The number of alkyl halides is 5. The van der Waals surface area contributed by atoms with Gasteiger partial charge in [-0.2, -0.15) is 13.2 Å². The highest BCUT2D eigenvalue weighted by Gasteiger charge is 2.40. The Hall–Kier alpha value is -1.99. The van der Waals surface area contributed by atoms with Gasteiger partial charge in [-0.3, -0.25) is 0 Å². The molecule has 2 aromatic rings. The number of halogens is 5. The zero-order valence-electron chi connectivity index (χ0n) is 16.2. The largest absolute Gasteiger partial charge is 0.490 e. The molecule has 2 rings (SSSR count). The van der Waals surface area contributed by atoms with Crippen molar-refractivity contribution in [1.29, 1.82) is 0 Å². The fourth-order valence-electron chi connectivity index (χ4n) is 2.58. The standard InChI is InChI=1S/C21H23ClF4O3/c1-13(27)19(22)29-17-10-6-15(7-11-17)20(2,3)14-4-8-16(9-5-14)28-12-18(23)21(24,25)26/h4-11,13,18-19,27H,12H2,1-3H3/t13?,18-,19?/m0/s1. The molecule has 3 nitrogen and oxygen atoms in total. The van der Waals surface area contributed by atoms with Crippen molar-refractivity contribution in [2.75, 3.05) is 6.61 Å². The molecule has 0 bridgehead atoms. The normalized spacial score (nSPS) is 15.5. The van der Waals surface area contributed by atoms with Crippen molar-refractivity contribution in [3.05, 3.63) is 59.7 Å². The Morgan fingerprint density at radius 1 is 0.931 bits per heavy atom. The third-order valence-electron chi connectivity index (χ3n) is 4.53. The average Bonchev–Trinajstić information content (AvgIpc) is 2.66. The number of hydrogen-bond acceptors (Lipinski definition) is 3. The molecule has 2 aromatic carbocycles. The molecule has 0 fully saturated rings. The van der Waals surface area contributed by atoms with Crippen molar-refractivity contribution < 1.29 is 32.1 Å². The van der Waals surface area contributed by atoms with Gasteiger partial charge in [0, 0.05) is 5.41 Å². The van der Waals surface area contributed by atoms with E-state index in [4.69, 9.17) is 21.1 Å². The fraction of sp³-hybridized carbons (Fsp3) is 0.429. The molecule has 0 radical (unpaired) electrons. The lowest BCUT2D eigenvalue weighted by Crippen LogP contribution is -2.30. The molecule has 0 saturated heterocycles. The molecular weight excluding hydrogens is 412 g/mol. The third kappa shape index (κ3) is 6.24. The summed E-state index contributed by atoms with van der Waals surface area (Å²) in [6, 6.07) is 13.7. The van der Waals surface area contributed by atoms with Crippen molar-refractivity contribution in [3.63, 3.8) is 0 Å². The van der Waals surface area contributed by atoms with Crippen molar-refractivity contribution >= 4 is 11.6 Å². The van der Waals surface area contributed by atoms with E-state index in [0.717, 1.165) is 11.1 Å². The smallest absolute Gasteiger partial charge is 0.423 e. The Kier molecular flexibility index (Phi) is 7.40. The highest BCUT2D eigenvalue weighted by atomic mass is 35.5. The minimum atomic E-state index is -4.93. The molecule has 3 atom stereocenters. The molecule has 0 heterocycles. The maximum Gasteiger partial charge on any atom is 0.423 e. The van der Waals surface area contributed by atoms with E-state index in [1.807, 2.05) is 26.0 Å². The lowest BCUT2D eigenvalue weighted by atomic mass is 9.78. The van der Waals surface area contributed by atoms with Crippen LogP contribution in [0.25, 0.3) is 0 Å². The quantitative estimate of drug-likeness (QED) is 0.433. The molecule has 160 valence electrons. The van der Waals surface area contributed by atoms with Crippen LogP contribution in [0.2, 0.25) is 0 Å². The van der Waals surface area contributed by atoms with Crippen molar-refractivity contribution in [1.82, 2.24) is 0 Å². The van der Waals surface area contributed by atoms with E-state index in [1.165, 1.54) is 19.1 Å². The maximum atomic E-state index is 13.0. The summed E-state index contributed by atoms with van der Waals surface area (Å²) in [5.41, 5.74) is 0.576. The summed E-state index contributed by atoms with van der Waals surface area (Å²) >= 11 is 5.89. The minimum Gasteiger partial charge on any atom is -0.490 e.